The molecule has 0 spiro atoms. The highest BCUT2D eigenvalue weighted by Crippen LogP contribution is 2.32. The summed E-state index contributed by atoms with van der Waals surface area (Å²) < 4.78 is 2.30. The minimum absolute atomic E-state index is 0.0425. The molecule has 0 aliphatic rings. The number of hydrogen-bond donors (Lipinski definition) is 2. The summed E-state index contributed by atoms with van der Waals surface area (Å²) in [5.41, 5.74) is 13.4. The summed E-state index contributed by atoms with van der Waals surface area (Å²) in [6.45, 7) is 9.08. The number of carbonyl (C=O) groups excluding carboxylic acids is 1. The van der Waals surface area contributed by atoms with Crippen molar-refractivity contribution in [2.75, 3.05) is 5.43 Å². The van der Waals surface area contributed by atoms with Gasteiger partial charge in [-0.2, -0.15) is 0 Å². The largest absolute Gasteiger partial charge is 0.321 e. The van der Waals surface area contributed by atoms with Gasteiger partial charge in [-0.05, 0) is 60.7 Å². The second-order valence-electron chi connectivity index (χ2n) is 9.83. The van der Waals surface area contributed by atoms with Gasteiger partial charge < -0.3 is 4.57 Å². The number of aryl methyl sites for hydroxylation is 2. The number of amides is 1. The standard InChI is InChI=1S/C31H32N4O/c1-20(2)28(31(36)34-33-25-10-6-5-7-11-25)24-16-14-23(15-17-24)19-35-27-13-9-8-12-26(27)29-21(3)18-22(4)32-30(29)35/h5-18,20,28,33H,19H2,1-4H3,(H,34,36). The van der Waals surface area contributed by atoms with Crippen molar-refractivity contribution < 1.29 is 4.79 Å². The first-order valence-electron chi connectivity index (χ1n) is 12.5. The molecule has 5 nitrogen and oxygen atoms in total. The summed E-state index contributed by atoms with van der Waals surface area (Å²) in [6.07, 6.45) is 0. The molecule has 5 aromatic rings. The second kappa shape index (κ2) is 9.86. The molecule has 5 heteroatoms. The van der Waals surface area contributed by atoms with Crippen molar-refractivity contribution in [3.05, 3.63) is 107 Å². The topological polar surface area (TPSA) is 59.0 Å². The lowest BCUT2D eigenvalue weighted by Gasteiger charge is -2.21. The Morgan fingerprint density at radius 3 is 2.33 bits per heavy atom. The number of anilines is 1. The van der Waals surface area contributed by atoms with Gasteiger partial charge in [0.25, 0.3) is 0 Å². The van der Waals surface area contributed by atoms with E-state index in [1.54, 1.807) is 0 Å². The molecule has 0 saturated carbocycles. The third-order valence-electron chi connectivity index (χ3n) is 6.78. The van der Waals surface area contributed by atoms with Crippen molar-refractivity contribution in [2.45, 2.75) is 40.2 Å². The van der Waals surface area contributed by atoms with Crippen LogP contribution >= 0.6 is 0 Å². The minimum atomic E-state index is -0.254. The molecule has 0 saturated heterocycles. The molecule has 0 fully saturated rings. The van der Waals surface area contributed by atoms with Gasteiger partial charge in [0.05, 0.1) is 17.1 Å². The van der Waals surface area contributed by atoms with Crippen LogP contribution in [0.5, 0.6) is 0 Å². The molecule has 1 amide bonds. The van der Waals surface area contributed by atoms with Gasteiger partial charge in [-0.25, -0.2) is 4.98 Å². The number of para-hydroxylation sites is 2. The average Bonchev–Trinajstić information content (AvgIpc) is 3.18. The highest BCUT2D eigenvalue weighted by atomic mass is 16.2. The number of benzene rings is 3. The van der Waals surface area contributed by atoms with Crippen molar-refractivity contribution in [3.63, 3.8) is 0 Å². The Labute approximate surface area is 212 Å². The summed E-state index contributed by atoms with van der Waals surface area (Å²) in [6, 6.07) is 28.7. The molecule has 0 bridgehead atoms. The van der Waals surface area contributed by atoms with Crippen LogP contribution in [-0.2, 0) is 11.3 Å². The van der Waals surface area contributed by atoms with Crippen molar-refractivity contribution in [3.8, 4) is 0 Å². The third kappa shape index (κ3) is 4.57. The third-order valence-corrected chi connectivity index (χ3v) is 6.78. The van der Waals surface area contributed by atoms with E-state index >= 15 is 0 Å². The van der Waals surface area contributed by atoms with Gasteiger partial charge >= 0.3 is 0 Å². The van der Waals surface area contributed by atoms with Gasteiger partial charge in [-0.3, -0.25) is 15.6 Å². The monoisotopic (exact) mass is 476 g/mol. The van der Waals surface area contributed by atoms with Gasteiger partial charge in [0.1, 0.15) is 5.65 Å². The Morgan fingerprint density at radius 1 is 0.917 bits per heavy atom. The lowest BCUT2D eigenvalue weighted by molar-refractivity contribution is -0.123. The fraction of sp³-hybridized carbons (Fsp3) is 0.226. The number of carbonyl (C=O) groups is 1. The number of pyridine rings is 1. The number of fused-ring (bicyclic) bond motifs is 3. The van der Waals surface area contributed by atoms with Crippen LogP contribution in [0.3, 0.4) is 0 Å². The van der Waals surface area contributed by atoms with Crippen LogP contribution in [-0.4, -0.2) is 15.5 Å². The van der Waals surface area contributed by atoms with E-state index in [1.165, 1.54) is 27.4 Å². The number of nitrogens with one attached hydrogen (secondary N) is 2. The van der Waals surface area contributed by atoms with Crippen LogP contribution in [0.25, 0.3) is 21.9 Å². The van der Waals surface area contributed by atoms with Gasteiger partial charge in [0, 0.05) is 23.0 Å². The maximum absolute atomic E-state index is 13.1. The first-order valence-corrected chi connectivity index (χ1v) is 12.5. The van der Waals surface area contributed by atoms with Crippen LogP contribution in [0.4, 0.5) is 5.69 Å². The summed E-state index contributed by atoms with van der Waals surface area (Å²) in [4.78, 5) is 18.0. The molecule has 2 N–H and O–H groups in total. The normalized spacial score (nSPS) is 12.2. The van der Waals surface area contributed by atoms with E-state index in [9.17, 15) is 4.79 Å². The molecule has 1 unspecified atom stereocenters. The molecule has 0 aliphatic carbocycles. The van der Waals surface area contributed by atoms with Crippen LogP contribution in [0.2, 0.25) is 0 Å². The molecule has 3 aromatic carbocycles. The van der Waals surface area contributed by atoms with Crippen LogP contribution < -0.4 is 10.9 Å². The van der Waals surface area contributed by atoms with Crippen molar-refractivity contribution >= 4 is 33.5 Å². The summed E-state index contributed by atoms with van der Waals surface area (Å²) in [5, 5.41) is 2.45. The highest BCUT2D eigenvalue weighted by Gasteiger charge is 2.24. The van der Waals surface area contributed by atoms with E-state index < -0.39 is 0 Å². The zero-order valence-corrected chi connectivity index (χ0v) is 21.2. The maximum atomic E-state index is 13.1. The Kier molecular flexibility index (Phi) is 6.47. The van der Waals surface area contributed by atoms with Crippen LogP contribution in [0.1, 0.15) is 42.1 Å². The van der Waals surface area contributed by atoms with E-state index in [2.05, 4.69) is 90.8 Å². The molecule has 5 rings (SSSR count). The SMILES string of the molecule is Cc1cc(C)c2c3ccccc3n(Cc3ccc(C(C(=O)NNc4ccccc4)C(C)C)cc3)c2n1. The quantitative estimate of drug-likeness (QED) is 0.256. The smallest absolute Gasteiger partial charge is 0.246 e. The summed E-state index contributed by atoms with van der Waals surface area (Å²) in [7, 11) is 0. The number of rotatable bonds is 7. The molecule has 2 heterocycles. The van der Waals surface area contributed by atoms with E-state index in [0.717, 1.165) is 22.6 Å². The lowest BCUT2D eigenvalue weighted by atomic mass is 9.87. The molecule has 0 aliphatic heterocycles. The molecular formula is C31H32N4O. The zero-order valence-electron chi connectivity index (χ0n) is 21.2. The van der Waals surface area contributed by atoms with Gasteiger partial charge in [0.2, 0.25) is 5.91 Å². The number of nitrogens with zero attached hydrogens (tertiary/aromatic N) is 2. The lowest BCUT2D eigenvalue weighted by Crippen LogP contribution is -2.36. The summed E-state index contributed by atoms with van der Waals surface area (Å²) >= 11 is 0. The van der Waals surface area contributed by atoms with Crippen molar-refractivity contribution in [1.82, 2.24) is 15.0 Å². The Balaban J connectivity index is 1.42. The Hall–Kier alpha value is -4.12. The predicted molar refractivity (Wildman–Crippen MR) is 148 cm³/mol. The second-order valence-corrected chi connectivity index (χ2v) is 9.83. The Morgan fingerprint density at radius 2 is 1.61 bits per heavy atom. The van der Waals surface area contributed by atoms with E-state index in [1.807, 2.05) is 37.3 Å². The average molecular weight is 477 g/mol. The fourth-order valence-electron chi connectivity index (χ4n) is 5.12. The zero-order chi connectivity index (χ0) is 25.2. The van der Waals surface area contributed by atoms with Gasteiger partial charge in [-0.1, -0.05) is 74.5 Å². The van der Waals surface area contributed by atoms with Gasteiger partial charge in [-0.15, -0.1) is 0 Å². The first-order chi connectivity index (χ1) is 17.4. The van der Waals surface area contributed by atoms with Crippen molar-refractivity contribution in [2.24, 2.45) is 5.92 Å². The van der Waals surface area contributed by atoms with Crippen molar-refractivity contribution in [1.29, 1.82) is 0 Å². The molecule has 2 aromatic heterocycles. The molecule has 0 radical (unpaired) electrons. The molecule has 36 heavy (non-hydrogen) atoms. The number of hydrogen-bond acceptors (Lipinski definition) is 3. The molecule has 182 valence electrons. The number of aromatic nitrogens is 2. The predicted octanol–water partition coefficient (Wildman–Crippen LogP) is 6.74. The molecule has 1 atom stereocenters. The molecular weight excluding hydrogens is 444 g/mol. The van der Waals surface area contributed by atoms with E-state index in [0.29, 0.717) is 6.54 Å². The fourth-order valence-corrected chi connectivity index (χ4v) is 5.12. The van der Waals surface area contributed by atoms with E-state index in [-0.39, 0.29) is 17.7 Å². The van der Waals surface area contributed by atoms with E-state index in [4.69, 9.17) is 4.98 Å². The van der Waals surface area contributed by atoms with Crippen LogP contribution in [0.15, 0.2) is 84.9 Å². The van der Waals surface area contributed by atoms with Crippen LogP contribution in [0, 0.1) is 19.8 Å². The minimum Gasteiger partial charge on any atom is -0.321 e. The summed E-state index contributed by atoms with van der Waals surface area (Å²) in [5.74, 6) is -0.143. The Bertz CT molecular complexity index is 1520. The number of hydrazine groups is 1. The first kappa shape index (κ1) is 23.6. The van der Waals surface area contributed by atoms with Gasteiger partial charge in [0.15, 0.2) is 0 Å². The maximum Gasteiger partial charge on any atom is 0.246 e. The highest BCUT2D eigenvalue weighted by molar-refractivity contribution is 6.08.